The third-order valence-corrected chi connectivity index (χ3v) is 2.93. The van der Waals surface area contributed by atoms with Gasteiger partial charge in [0, 0.05) is 24.1 Å². The summed E-state index contributed by atoms with van der Waals surface area (Å²) in [5.41, 5.74) is 0.0683. The first kappa shape index (κ1) is 16.4. The Hall–Kier alpha value is -1.65. The van der Waals surface area contributed by atoms with E-state index in [9.17, 15) is 13.6 Å². The number of carbonyl (C=O) groups is 1. The molecule has 0 heterocycles. The highest BCUT2D eigenvalue weighted by Gasteiger charge is 2.14. The smallest absolute Gasteiger partial charge is 0.303 e. The van der Waals surface area contributed by atoms with Crippen molar-refractivity contribution >= 4 is 5.97 Å². The van der Waals surface area contributed by atoms with E-state index in [2.05, 4.69) is 0 Å². The second kappa shape index (κ2) is 7.82. The average Bonchev–Trinajstić information content (AvgIpc) is 2.31. The summed E-state index contributed by atoms with van der Waals surface area (Å²) < 4.78 is 32.7. The van der Waals surface area contributed by atoms with Crippen molar-refractivity contribution in [1.29, 1.82) is 0 Å². The molecule has 3 nitrogen and oxygen atoms in total. The summed E-state index contributed by atoms with van der Waals surface area (Å²) in [7, 11) is 0. The van der Waals surface area contributed by atoms with E-state index in [1.807, 2.05) is 0 Å². The first-order chi connectivity index (χ1) is 9.41. The number of carboxylic acids is 1. The van der Waals surface area contributed by atoms with Crippen molar-refractivity contribution in [2.45, 2.75) is 45.4 Å². The predicted molar refractivity (Wildman–Crippen MR) is 72.0 cm³/mol. The van der Waals surface area contributed by atoms with Crippen LogP contribution in [0, 0.1) is 11.6 Å². The molecule has 1 N–H and O–H groups in total. The van der Waals surface area contributed by atoms with Gasteiger partial charge >= 0.3 is 5.97 Å². The van der Waals surface area contributed by atoms with E-state index in [0.717, 1.165) is 0 Å². The van der Waals surface area contributed by atoms with Gasteiger partial charge in [-0.25, -0.2) is 8.78 Å². The lowest BCUT2D eigenvalue weighted by Gasteiger charge is -2.11. The SMILES string of the molecule is CC(C)c1c(F)cc(OCCCCCC(=O)O)cc1F. The van der Waals surface area contributed by atoms with Gasteiger partial charge in [0.2, 0.25) is 0 Å². The molecule has 0 fully saturated rings. The summed E-state index contributed by atoms with van der Waals surface area (Å²) in [6, 6.07) is 2.38. The molecule has 1 aromatic carbocycles. The van der Waals surface area contributed by atoms with Gasteiger partial charge in [-0.3, -0.25) is 4.79 Å². The highest BCUT2D eigenvalue weighted by atomic mass is 19.1. The number of hydrogen-bond acceptors (Lipinski definition) is 2. The molecule has 1 rings (SSSR count). The van der Waals surface area contributed by atoms with E-state index in [-0.39, 0.29) is 23.7 Å². The molecule has 20 heavy (non-hydrogen) atoms. The summed E-state index contributed by atoms with van der Waals surface area (Å²) in [6.45, 7) is 3.77. The van der Waals surface area contributed by atoms with Crippen LogP contribution in [0.15, 0.2) is 12.1 Å². The zero-order valence-corrected chi connectivity index (χ0v) is 11.8. The summed E-state index contributed by atoms with van der Waals surface area (Å²) in [5, 5.41) is 8.47. The molecule has 112 valence electrons. The number of aliphatic carboxylic acids is 1. The normalized spacial score (nSPS) is 10.8. The van der Waals surface area contributed by atoms with Crippen LogP contribution in [0.4, 0.5) is 8.78 Å². The van der Waals surface area contributed by atoms with Crippen molar-refractivity contribution in [2.24, 2.45) is 0 Å². The summed E-state index contributed by atoms with van der Waals surface area (Å²) in [6.07, 6.45) is 2.07. The summed E-state index contributed by atoms with van der Waals surface area (Å²) >= 11 is 0. The number of ether oxygens (including phenoxy) is 1. The van der Waals surface area contributed by atoms with Crippen LogP contribution < -0.4 is 4.74 Å². The van der Waals surface area contributed by atoms with Crippen LogP contribution in [0.3, 0.4) is 0 Å². The van der Waals surface area contributed by atoms with Crippen molar-refractivity contribution in [1.82, 2.24) is 0 Å². The standard InChI is InChI=1S/C15H20F2O3/c1-10(2)15-12(16)8-11(9-13(15)17)20-7-5-3-4-6-14(18)19/h8-10H,3-7H2,1-2H3,(H,18,19). The number of unbranched alkanes of at least 4 members (excludes halogenated alkanes) is 2. The number of hydrogen-bond donors (Lipinski definition) is 1. The Morgan fingerprint density at radius 1 is 1.20 bits per heavy atom. The van der Waals surface area contributed by atoms with Crippen molar-refractivity contribution in [3.8, 4) is 5.75 Å². The van der Waals surface area contributed by atoms with E-state index in [0.29, 0.717) is 25.9 Å². The van der Waals surface area contributed by atoms with Crippen LogP contribution in [0.5, 0.6) is 5.75 Å². The molecule has 0 bridgehead atoms. The van der Waals surface area contributed by atoms with E-state index < -0.39 is 17.6 Å². The van der Waals surface area contributed by atoms with Crippen molar-refractivity contribution in [3.05, 3.63) is 29.3 Å². The van der Waals surface area contributed by atoms with Gasteiger partial charge in [-0.1, -0.05) is 13.8 Å². The second-order valence-electron chi connectivity index (χ2n) is 5.01. The second-order valence-corrected chi connectivity index (χ2v) is 5.01. The van der Waals surface area contributed by atoms with E-state index in [1.54, 1.807) is 13.8 Å². The molecular weight excluding hydrogens is 266 g/mol. The van der Waals surface area contributed by atoms with Crippen LogP contribution in [-0.4, -0.2) is 17.7 Å². The molecule has 0 saturated heterocycles. The van der Waals surface area contributed by atoms with E-state index >= 15 is 0 Å². The van der Waals surface area contributed by atoms with Gasteiger partial charge in [-0.05, 0) is 25.2 Å². The Kier molecular flexibility index (Phi) is 6.42. The molecule has 0 amide bonds. The fraction of sp³-hybridized carbons (Fsp3) is 0.533. The van der Waals surface area contributed by atoms with Gasteiger partial charge in [0.1, 0.15) is 17.4 Å². The minimum atomic E-state index is -0.820. The number of rotatable bonds is 8. The molecule has 1 aromatic rings. The van der Waals surface area contributed by atoms with Crippen LogP contribution in [0.1, 0.15) is 51.0 Å². The van der Waals surface area contributed by atoms with E-state index in [1.165, 1.54) is 12.1 Å². The zero-order valence-electron chi connectivity index (χ0n) is 11.8. The van der Waals surface area contributed by atoms with Gasteiger partial charge in [-0.15, -0.1) is 0 Å². The first-order valence-corrected chi connectivity index (χ1v) is 6.75. The number of halogens is 2. The van der Waals surface area contributed by atoms with Crippen LogP contribution in [0.2, 0.25) is 0 Å². The maximum Gasteiger partial charge on any atom is 0.303 e. The minimum absolute atomic E-state index is 0.0683. The number of carboxylic acid groups (broad SMARTS) is 1. The van der Waals surface area contributed by atoms with Gasteiger partial charge in [0.15, 0.2) is 0 Å². The molecule has 0 aliphatic carbocycles. The molecular formula is C15H20F2O3. The first-order valence-electron chi connectivity index (χ1n) is 6.75. The van der Waals surface area contributed by atoms with Gasteiger partial charge in [-0.2, -0.15) is 0 Å². The third-order valence-electron chi connectivity index (χ3n) is 2.93. The fourth-order valence-electron chi connectivity index (χ4n) is 1.94. The molecule has 0 saturated carbocycles. The van der Waals surface area contributed by atoms with Gasteiger partial charge in [0.05, 0.1) is 6.61 Å². The molecule has 0 atom stereocenters. The largest absolute Gasteiger partial charge is 0.493 e. The Morgan fingerprint density at radius 3 is 2.30 bits per heavy atom. The molecule has 0 aromatic heterocycles. The quantitative estimate of drug-likeness (QED) is 0.731. The predicted octanol–water partition coefficient (Wildman–Crippen LogP) is 4.11. The van der Waals surface area contributed by atoms with Crippen molar-refractivity contribution in [2.75, 3.05) is 6.61 Å². The summed E-state index contributed by atoms with van der Waals surface area (Å²) in [5.74, 6) is -2.07. The number of benzene rings is 1. The van der Waals surface area contributed by atoms with Crippen molar-refractivity contribution in [3.63, 3.8) is 0 Å². The molecule has 0 spiro atoms. The maximum absolute atomic E-state index is 13.7. The monoisotopic (exact) mass is 286 g/mol. The van der Waals surface area contributed by atoms with Crippen LogP contribution in [0.25, 0.3) is 0 Å². The Morgan fingerprint density at radius 2 is 1.80 bits per heavy atom. The molecule has 5 heteroatoms. The topological polar surface area (TPSA) is 46.5 Å². The van der Waals surface area contributed by atoms with Crippen LogP contribution in [-0.2, 0) is 4.79 Å². The fourth-order valence-corrected chi connectivity index (χ4v) is 1.94. The maximum atomic E-state index is 13.7. The third kappa shape index (κ3) is 5.15. The van der Waals surface area contributed by atoms with Gasteiger partial charge < -0.3 is 9.84 Å². The molecule has 0 aliphatic rings. The average molecular weight is 286 g/mol. The lowest BCUT2D eigenvalue weighted by atomic mass is 10.0. The highest BCUT2D eigenvalue weighted by molar-refractivity contribution is 5.66. The lowest BCUT2D eigenvalue weighted by Crippen LogP contribution is -2.03. The Balaban J connectivity index is 2.43. The van der Waals surface area contributed by atoms with Crippen molar-refractivity contribution < 1.29 is 23.4 Å². The zero-order chi connectivity index (χ0) is 15.1. The molecule has 0 radical (unpaired) electrons. The van der Waals surface area contributed by atoms with Crippen LogP contribution >= 0.6 is 0 Å². The van der Waals surface area contributed by atoms with E-state index in [4.69, 9.17) is 9.84 Å². The molecule has 0 unspecified atom stereocenters. The highest BCUT2D eigenvalue weighted by Crippen LogP contribution is 2.26. The summed E-state index contributed by atoms with van der Waals surface area (Å²) in [4.78, 5) is 10.3. The minimum Gasteiger partial charge on any atom is -0.493 e. The Labute approximate surface area is 117 Å². The Bertz CT molecular complexity index is 435. The molecule has 0 aliphatic heterocycles. The lowest BCUT2D eigenvalue weighted by molar-refractivity contribution is -0.137. The van der Waals surface area contributed by atoms with Gasteiger partial charge in [0.25, 0.3) is 0 Å².